The van der Waals surface area contributed by atoms with Crippen molar-refractivity contribution < 1.29 is 14.3 Å². The van der Waals surface area contributed by atoms with E-state index in [4.69, 9.17) is 0 Å². The van der Waals surface area contributed by atoms with E-state index < -0.39 is 0 Å². The number of hydrogen-bond acceptors (Lipinski definition) is 5. The average Bonchev–Trinajstić information content (AvgIpc) is 2.51. The van der Waals surface area contributed by atoms with Gasteiger partial charge in [0.1, 0.15) is 0 Å². The Morgan fingerprint density at radius 2 is 2.09 bits per heavy atom. The van der Waals surface area contributed by atoms with Gasteiger partial charge in [0.05, 0.1) is 13.5 Å². The standard InChI is InChI=1S/C16H24N2O3S.ClH/c1-12(10-17-2)16(20)18-14-6-4-5-13(9-14)11-22-8-7-15(19)21-3;/h4-6,9,12,17H,7-8,10-11H2,1-3H3,(H,18,20);1H. The summed E-state index contributed by atoms with van der Waals surface area (Å²) in [6.45, 7) is 2.53. The molecule has 1 amide bonds. The number of anilines is 1. The van der Waals surface area contributed by atoms with Gasteiger partial charge in [0.15, 0.2) is 0 Å². The zero-order valence-electron chi connectivity index (χ0n) is 13.8. The molecule has 0 aliphatic heterocycles. The van der Waals surface area contributed by atoms with E-state index in [9.17, 15) is 9.59 Å². The Morgan fingerprint density at radius 1 is 1.35 bits per heavy atom. The fourth-order valence-electron chi connectivity index (χ4n) is 1.85. The van der Waals surface area contributed by atoms with Crippen LogP contribution in [0.5, 0.6) is 0 Å². The molecule has 0 heterocycles. The number of carbonyl (C=O) groups excluding carboxylic acids is 2. The van der Waals surface area contributed by atoms with E-state index in [2.05, 4.69) is 15.4 Å². The summed E-state index contributed by atoms with van der Waals surface area (Å²) in [5, 5.41) is 5.91. The lowest BCUT2D eigenvalue weighted by atomic mass is 10.1. The zero-order chi connectivity index (χ0) is 16.4. The van der Waals surface area contributed by atoms with Crippen LogP contribution in [-0.4, -0.2) is 38.3 Å². The van der Waals surface area contributed by atoms with E-state index in [1.807, 2.05) is 38.2 Å². The fourth-order valence-corrected chi connectivity index (χ4v) is 2.72. The van der Waals surface area contributed by atoms with Crippen LogP contribution in [-0.2, 0) is 20.1 Å². The summed E-state index contributed by atoms with van der Waals surface area (Å²) in [6.07, 6.45) is 0.416. The Kier molecular flexibility index (Phi) is 11.6. The van der Waals surface area contributed by atoms with E-state index in [0.29, 0.717) is 13.0 Å². The maximum absolute atomic E-state index is 12.0. The molecule has 7 heteroatoms. The third kappa shape index (κ3) is 8.83. The molecule has 23 heavy (non-hydrogen) atoms. The molecule has 5 nitrogen and oxygen atoms in total. The van der Waals surface area contributed by atoms with Gasteiger partial charge in [0.25, 0.3) is 0 Å². The van der Waals surface area contributed by atoms with Crippen LogP contribution in [0.4, 0.5) is 5.69 Å². The van der Waals surface area contributed by atoms with Crippen molar-refractivity contribution in [1.29, 1.82) is 0 Å². The topological polar surface area (TPSA) is 67.4 Å². The van der Waals surface area contributed by atoms with Crippen LogP contribution < -0.4 is 10.6 Å². The summed E-state index contributed by atoms with van der Waals surface area (Å²) in [4.78, 5) is 23.0. The second-order valence-corrected chi connectivity index (χ2v) is 6.13. The number of hydrogen-bond donors (Lipinski definition) is 2. The number of rotatable bonds is 9. The number of amides is 1. The highest BCUT2D eigenvalue weighted by Gasteiger charge is 2.11. The number of thioether (sulfide) groups is 1. The largest absolute Gasteiger partial charge is 0.469 e. The van der Waals surface area contributed by atoms with Crippen LogP contribution in [0.1, 0.15) is 18.9 Å². The van der Waals surface area contributed by atoms with Crippen LogP contribution in [0, 0.1) is 5.92 Å². The lowest BCUT2D eigenvalue weighted by Gasteiger charge is -2.12. The Hall–Kier alpha value is -1.24. The van der Waals surface area contributed by atoms with Gasteiger partial charge in [0.2, 0.25) is 5.91 Å². The maximum Gasteiger partial charge on any atom is 0.306 e. The van der Waals surface area contributed by atoms with Crippen molar-refractivity contribution in [3.05, 3.63) is 29.8 Å². The SMILES string of the molecule is CNCC(C)C(=O)Nc1cccc(CSCCC(=O)OC)c1.Cl. The third-order valence-electron chi connectivity index (χ3n) is 3.10. The van der Waals surface area contributed by atoms with E-state index in [0.717, 1.165) is 22.8 Å². The fraction of sp³-hybridized carbons (Fsp3) is 0.500. The molecule has 1 aromatic carbocycles. The van der Waals surface area contributed by atoms with Crippen molar-refractivity contribution in [2.24, 2.45) is 5.92 Å². The summed E-state index contributed by atoms with van der Waals surface area (Å²) < 4.78 is 4.60. The summed E-state index contributed by atoms with van der Waals surface area (Å²) in [6, 6.07) is 7.79. The van der Waals surface area contributed by atoms with Crippen LogP contribution >= 0.6 is 24.2 Å². The molecular formula is C16H25ClN2O3S. The Labute approximate surface area is 148 Å². The number of halogens is 1. The number of benzene rings is 1. The minimum absolute atomic E-state index is 0. The number of esters is 1. The van der Waals surface area contributed by atoms with Crippen LogP contribution in [0.25, 0.3) is 0 Å². The first kappa shape index (κ1) is 21.8. The van der Waals surface area contributed by atoms with Crippen molar-refractivity contribution in [3.8, 4) is 0 Å². The number of nitrogens with one attached hydrogen (secondary N) is 2. The highest BCUT2D eigenvalue weighted by molar-refractivity contribution is 7.98. The highest BCUT2D eigenvalue weighted by atomic mass is 35.5. The van der Waals surface area contributed by atoms with E-state index in [1.54, 1.807) is 11.8 Å². The van der Waals surface area contributed by atoms with E-state index >= 15 is 0 Å². The van der Waals surface area contributed by atoms with E-state index in [1.165, 1.54) is 7.11 Å². The predicted molar refractivity (Wildman–Crippen MR) is 98.2 cm³/mol. The molecule has 0 saturated carbocycles. The van der Waals surface area contributed by atoms with Crippen molar-refractivity contribution in [1.82, 2.24) is 5.32 Å². The molecule has 0 bridgehead atoms. The van der Waals surface area contributed by atoms with Gasteiger partial charge in [-0.3, -0.25) is 9.59 Å². The molecule has 1 unspecified atom stereocenters. The quantitative estimate of drug-likeness (QED) is 0.523. The number of carbonyl (C=O) groups is 2. The monoisotopic (exact) mass is 360 g/mol. The van der Waals surface area contributed by atoms with Gasteiger partial charge in [-0.15, -0.1) is 12.4 Å². The van der Waals surface area contributed by atoms with Crippen molar-refractivity contribution >= 4 is 41.7 Å². The lowest BCUT2D eigenvalue weighted by molar-refractivity contribution is -0.140. The van der Waals surface area contributed by atoms with Gasteiger partial charge >= 0.3 is 5.97 Å². The van der Waals surface area contributed by atoms with Crippen LogP contribution in [0.3, 0.4) is 0 Å². The molecule has 1 rings (SSSR count). The first-order chi connectivity index (χ1) is 10.6. The first-order valence-electron chi connectivity index (χ1n) is 7.25. The Bertz CT molecular complexity index is 500. The van der Waals surface area contributed by atoms with Gasteiger partial charge in [0, 0.05) is 29.7 Å². The number of ether oxygens (including phenoxy) is 1. The summed E-state index contributed by atoms with van der Waals surface area (Å²) in [5.41, 5.74) is 1.92. The van der Waals surface area contributed by atoms with Crippen molar-refractivity contribution in [2.45, 2.75) is 19.1 Å². The van der Waals surface area contributed by atoms with E-state index in [-0.39, 0.29) is 30.2 Å². The zero-order valence-corrected chi connectivity index (χ0v) is 15.4. The molecule has 0 spiro atoms. The molecule has 0 saturated heterocycles. The van der Waals surface area contributed by atoms with Gasteiger partial charge < -0.3 is 15.4 Å². The normalized spacial score (nSPS) is 11.3. The van der Waals surface area contributed by atoms with Gasteiger partial charge in [-0.1, -0.05) is 19.1 Å². The molecule has 2 N–H and O–H groups in total. The second-order valence-electron chi connectivity index (χ2n) is 5.03. The van der Waals surface area contributed by atoms with Crippen molar-refractivity contribution in [2.75, 3.05) is 31.8 Å². The Balaban J connectivity index is 0.00000484. The summed E-state index contributed by atoms with van der Waals surface area (Å²) in [5.74, 6) is 1.26. The van der Waals surface area contributed by atoms with Crippen LogP contribution in [0.2, 0.25) is 0 Å². The predicted octanol–water partition coefficient (Wildman–Crippen LogP) is 2.70. The minimum Gasteiger partial charge on any atom is -0.469 e. The van der Waals surface area contributed by atoms with Gasteiger partial charge in [-0.25, -0.2) is 0 Å². The molecule has 0 radical (unpaired) electrons. The molecule has 0 aliphatic carbocycles. The maximum atomic E-state index is 12.0. The number of methoxy groups -OCH3 is 1. The molecule has 1 atom stereocenters. The van der Waals surface area contributed by atoms with Crippen molar-refractivity contribution in [3.63, 3.8) is 0 Å². The average molecular weight is 361 g/mol. The summed E-state index contributed by atoms with van der Waals surface area (Å²) >= 11 is 1.67. The summed E-state index contributed by atoms with van der Waals surface area (Å²) in [7, 11) is 3.23. The Morgan fingerprint density at radius 3 is 2.74 bits per heavy atom. The minimum atomic E-state index is -0.188. The molecule has 0 fully saturated rings. The van der Waals surface area contributed by atoms with Gasteiger partial charge in [-0.05, 0) is 24.7 Å². The molecule has 0 aliphatic rings. The molecule has 130 valence electrons. The third-order valence-corrected chi connectivity index (χ3v) is 4.13. The molecule has 1 aromatic rings. The second kappa shape index (κ2) is 12.2. The van der Waals surface area contributed by atoms with Gasteiger partial charge in [-0.2, -0.15) is 11.8 Å². The smallest absolute Gasteiger partial charge is 0.306 e. The molecule has 0 aromatic heterocycles. The lowest BCUT2D eigenvalue weighted by Crippen LogP contribution is -2.28. The van der Waals surface area contributed by atoms with Crippen LogP contribution in [0.15, 0.2) is 24.3 Å². The highest BCUT2D eigenvalue weighted by Crippen LogP contribution is 2.17. The first-order valence-corrected chi connectivity index (χ1v) is 8.41. The molecular weight excluding hydrogens is 336 g/mol.